The smallest absolute Gasteiger partial charge is 0.386 e. The Morgan fingerprint density at radius 1 is 0.704 bits per heavy atom. The molecule has 0 aliphatic carbocycles. The first-order chi connectivity index (χ1) is 12.4. The summed E-state index contributed by atoms with van der Waals surface area (Å²) in [5.41, 5.74) is 0. The van der Waals surface area contributed by atoms with Crippen molar-refractivity contribution < 1.29 is 8.23 Å². The molecule has 0 aromatic heterocycles. The zero-order chi connectivity index (χ0) is 20.3. The van der Waals surface area contributed by atoms with E-state index in [1.807, 2.05) is 0 Å². The Hall–Kier alpha value is -0.989. The molecule has 0 heterocycles. The van der Waals surface area contributed by atoms with E-state index < -0.39 is 25.2 Å². The Morgan fingerprint density at radius 3 is 1.44 bits per heavy atom. The topological polar surface area (TPSA) is 18.5 Å². The van der Waals surface area contributed by atoms with Crippen LogP contribution in [0.15, 0.2) is 60.7 Å². The van der Waals surface area contributed by atoms with E-state index >= 15 is 0 Å². The maximum absolute atomic E-state index is 7.32. The lowest BCUT2D eigenvalue weighted by atomic mass is 10.1. The molecular weight excluding hydrogens is 380 g/mol. The first-order valence-corrected chi connectivity index (χ1v) is 18.1. The summed E-state index contributed by atoms with van der Waals surface area (Å²) >= 11 is 0. The van der Waals surface area contributed by atoms with Gasteiger partial charge in [0.15, 0.2) is 16.6 Å². The molecule has 0 bridgehead atoms. The second-order valence-corrected chi connectivity index (χ2v) is 22.0. The van der Waals surface area contributed by atoms with Gasteiger partial charge in [-0.3, -0.25) is 0 Å². The van der Waals surface area contributed by atoms with Crippen molar-refractivity contribution >= 4 is 35.6 Å². The average molecular weight is 417 g/mol. The van der Waals surface area contributed by atoms with Crippen LogP contribution in [0.1, 0.15) is 27.2 Å². The SMILES string of the molecule is CCC(C)(C)[Si](C)(C)O[Si](O[Si](C)(C)C)(c1ccccc1)c1ccccc1. The molecule has 0 radical (unpaired) electrons. The highest BCUT2D eigenvalue weighted by molar-refractivity contribution is 7.02. The predicted octanol–water partition coefficient (Wildman–Crippen LogP) is 5.51. The van der Waals surface area contributed by atoms with Crippen molar-refractivity contribution in [2.75, 3.05) is 0 Å². The molecular formula is C22H36O2Si3. The number of hydrogen-bond donors (Lipinski definition) is 0. The van der Waals surface area contributed by atoms with Gasteiger partial charge in [-0.15, -0.1) is 0 Å². The van der Waals surface area contributed by atoms with Crippen LogP contribution < -0.4 is 10.4 Å². The van der Waals surface area contributed by atoms with Crippen LogP contribution in [0, 0.1) is 0 Å². The van der Waals surface area contributed by atoms with Gasteiger partial charge in [0, 0.05) is 0 Å². The highest BCUT2D eigenvalue weighted by atomic mass is 28.5. The lowest BCUT2D eigenvalue weighted by Crippen LogP contribution is -2.71. The van der Waals surface area contributed by atoms with E-state index in [0.717, 1.165) is 6.42 Å². The molecule has 27 heavy (non-hydrogen) atoms. The van der Waals surface area contributed by atoms with Crippen molar-refractivity contribution in [2.24, 2.45) is 0 Å². The number of benzene rings is 2. The lowest BCUT2D eigenvalue weighted by molar-refractivity contribution is 0.383. The van der Waals surface area contributed by atoms with Crippen LogP contribution in [0.2, 0.25) is 37.8 Å². The summed E-state index contributed by atoms with van der Waals surface area (Å²) < 4.78 is 14.4. The lowest BCUT2D eigenvalue weighted by Gasteiger charge is -2.47. The van der Waals surface area contributed by atoms with Gasteiger partial charge in [-0.1, -0.05) is 87.9 Å². The van der Waals surface area contributed by atoms with Crippen LogP contribution in [0.25, 0.3) is 0 Å². The number of rotatable bonds is 8. The van der Waals surface area contributed by atoms with Gasteiger partial charge in [0.25, 0.3) is 0 Å². The normalized spacial score (nSPS) is 13.6. The average Bonchev–Trinajstić information content (AvgIpc) is 2.61. The van der Waals surface area contributed by atoms with Gasteiger partial charge in [0.2, 0.25) is 0 Å². The van der Waals surface area contributed by atoms with E-state index in [4.69, 9.17) is 8.23 Å². The quantitative estimate of drug-likeness (QED) is 0.528. The van der Waals surface area contributed by atoms with Crippen LogP contribution in [0.4, 0.5) is 0 Å². The zero-order valence-electron chi connectivity index (χ0n) is 18.3. The molecule has 2 nitrogen and oxygen atoms in total. The van der Waals surface area contributed by atoms with Crippen molar-refractivity contribution in [3.05, 3.63) is 60.7 Å². The van der Waals surface area contributed by atoms with Gasteiger partial charge in [-0.05, 0) is 48.1 Å². The van der Waals surface area contributed by atoms with Crippen LogP contribution in [0.3, 0.4) is 0 Å². The monoisotopic (exact) mass is 416 g/mol. The van der Waals surface area contributed by atoms with Crippen molar-refractivity contribution in [3.8, 4) is 0 Å². The molecule has 2 rings (SSSR count). The summed E-state index contributed by atoms with van der Waals surface area (Å²) in [6, 6.07) is 21.4. The molecule has 5 heteroatoms. The first-order valence-electron chi connectivity index (χ1n) is 9.95. The Bertz CT molecular complexity index is 683. The van der Waals surface area contributed by atoms with Crippen molar-refractivity contribution in [1.82, 2.24) is 0 Å². The minimum Gasteiger partial charge on any atom is -0.430 e. The second kappa shape index (κ2) is 8.17. The largest absolute Gasteiger partial charge is 0.430 e. The molecule has 0 atom stereocenters. The molecule has 0 aliphatic heterocycles. The first kappa shape index (κ1) is 22.3. The predicted molar refractivity (Wildman–Crippen MR) is 125 cm³/mol. The van der Waals surface area contributed by atoms with E-state index in [9.17, 15) is 0 Å². The molecule has 2 aromatic carbocycles. The van der Waals surface area contributed by atoms with Gasteiger partial charge in [0.05, 0.1) is 0 Å². The van der Waals surface area contributed by atoms with Crippen molar-refractivity contribution in [2.45, 2.75) is 65.0 Å². The summed E-state index contributed by atoms with van der Waals surface area (Å²) in [5, 5.41) is 2.59. The van der Waals surface area contributed by atoms with Gasteiger partial charge in [-0.2, -0.15) is 0 Å². The molecule has 0 saturated carbocycles. The van der Waals surface area contributed by atoms with Gasteiger partial charge < -0.3 is 8.23 Å². The van der Waals surface area contributed by atoms with Crippen LogP contribution in [-0.4, -0.2) is 25.2 Å². The maximum atomic E-state index is 7.32. The summed E-state index contributed by atoms with van der Waals surface area (Å²) in [6.07, 6.45) is 1.10. The molecule has 0 fully saturated rings. The molecule has 0 saturated heterocycles. The third kappa shape index (κ3) is 5.09. The third-order valence-corrected chi connectivity index (χ3v) is 18.3. The maximum Gasteiger partial charge on any atom is 0.386 e. The summed E-state index contributed by atoms with van der Waals surface area (Å²) in [7, 11) is -6.76. The van der Waals surface area contributed by atoms with Gasteiger partial charge in [-0.25, -0.2) is 0 Å². The number of hydrogen-bond acceptors (Lipinski definition) is 2. The fourth-order valence-electron chi connectivity index (χ4n) is 3.09. The molecule has 2 aromatic rings. The summed E-state index contributed by atoms with van der Waals surface area (Å²) in [5.74, 6) is 0. The second-order valence-electron chi connectivity index (χ2n) is 9.41. The van der Waals surface area contributed by atoms with E-state index in [2.05, 4.69) is 114 Å². The highest BCUT2D eigenvalue weighted by Crippen LogP contribution is 2.42. The zero-order valence-corrected chi connectivity index (χ0v) is 21.3. The molecule has 0 N–H and O–H groups in total. The Labute approximate surface area is 169 Å². The molecule has 0 aliphatic rings. The van der Waals surface area contributed by atoms with E-state index in [1.54, 1.807) is 0 Å². The van der Waals surface area contributed by atoms with Crippen LogP contribution in [0.5, 0.6) is 0 Å². The van der Waals surface area contributed by atoms with Crippen LogP contribution in [-0.2, 0) is 8.23 Å². The minimum absolute atomic E-state index is 0.164. The molecule has 0 amide bonds. The standard InChI is InChI=1S/C22H36O2Si3/c1-9-22(2,3)26(7,8)24-27(23-25(4,5)6,20-16-12-10-13-17-20)21-18-14-11-15-19-21/h10-19H,9H2,1-8H3. The molecule has 0 spiro atoms. The summed E-state index contributed by atoms with van der Waals surface area (Å²) in [4.78, 5) is 0. The van der Waals surface area contributed by atoms with Crippen molar-refractivity contribution in [1.29, 1.82) is 0 Å². The van der Waals surface area contributed by atoms with Gasteiger partial charge in [0.1, 0.15) is 0 Å². The van der Waals surface area contributed by atoms with Gasteiger partial charge >= 0.3 is 8.56 Å². The summed E-state index contributed by atoms with van der Waals surface area (Å²) in [6.45, 7) is 18.5. The minimum atomic E-state index is -2.82. The van der Waals surface area contributed by atoms with E-state index in [-0.39, 0.29) is 5.04 Å². The van der Waals surface area contributed by atoms with Crippen molar-refractivity contribution in [3.63, 3.8) is 0 Å². The third-order valence-electron chi connectivity index (χ3n) is 5.67. The van der Waals surface area contributed by atoms with Crippen LogP contribution >= 0.6 is 0 Å². The molecule has 148 valence electrons. The molecule has 0 unspecified atom stereocenters. The fourth-order valence-corrected chi connectivity index (χ4v) is 15.4. The van der Waals surface area contributed by atoms with E-state index in [1.165, 1.54) is 10.4 Å². The Balaban J connectivity index is 2.72. The Morgan fingerprint density at radius 2 is 1.11 bits per heavy atom. The highest BCUT2D eigenvalue weighted by Gasteiger charge is 2.53. The fraction of sp³-hybridized carbons (Fsp3) is 0.455. The van der Waals surface area contributed by atoms with E-state index in [0.29, 0.717) is 0 Å². The Kier molecular flexibility index (Phi) is 6.75.